The van der Waals surface area contributed by atoms with Crippen molar-refractivity contribution in [2.24, 2.45) is 11.8 Å². The van der Waals surface area contributed by atoms with Gasteiger partial charge in [0, 0.05) is 19.2 Å². The van der Waals surface area contributed by atoms with E-state index in [-0.39, 0.29) is 17.5 Å². The van der Waals surface area contributed by atoms with Crippen LogP contribution in [-0.2, 0) is 5.60 Å². The van der Waals surface area contributed by atoms with Gasteiger partial charge in [0.25, 0.3) is 0 Å². The summed E-state index contributed by atoms with van der Waals surface area (Å²) < 4.78 is 26.7. The zero-order valence-electron chi connectivity index (χ0n) is 14.2. The molecule has 2 aromatic rings. The topological polar surface area (TPSA) is 52.6 Å². The molecule has 0 spiro atoms. The van der Waals surface area contributed by atoms with Crippen LogP contribution in [0.2, 0.25) is 0 Å². The van der Waals surface area contributed by atoms with Gasteiger partial charge in [0.1, 0.15) is 11.6 Å². The molecule has 1 aliphatic heterocycles. The van der Waals surface area contributed by atoms with Crippen molar-refractivity contribution in [3.05, 3.63) is 65.7 Å². The van der Waals surface area contributed by atoms with Crippen LogP contribution >= 0.6 is 0 Å². The lowest BCUT2D eigenvalue weighted by atomic mass is 9.90. The lowest BCUT2D eigenvalue weighted by Gasteiger charge is -2.26. The Morgan fingerprint density at radius 3 is 2.35 bits per heavy atom. The van der Waals surface area contributed by atoms with E-state index in [1.54, 1.807) is 4.90 Å². The van der Waals surface area contributed by atoms with Crippen molar-refractivity contribution in [3.63, 3.8) is 0 Å². The smallest absolute Gasteiger partial charge is 0.321 e. The number of hydrogen-bond acceptors (Lipinski definition) is 2. The maximum atomic E-state index is 13.7. The lowest BCUT2D eigenvalue weighted by Crippen LogP contribution is -2.35. The van der Waals surface area contributed by atoms with Gasteiger partial charge in [-0.05, 0) is 42.4 Å². The number of hydrogen-bond donors (Lipinski definition) is 2. The molecule has 0 bridgehead atoms. The molecule has 1 unspecified atom stereocenters. The Balaban J connectivity index is 1.41. The van der Waals surface area contributed by atoms with Crippen molar-refractivity contribution in [2.75, 3.05) is 18.4 Å². The molecule has 3 atom stereocenters. The number of aliphatic hydroxyl groups is 1. The Bertz CT molecular complexity index is 814. The van der Waals surface area contributed by atoms with Gasteiger partial charge in [-0.25, -0.2) is 13.6 Å². The standard InChI is InChI=1S/C20H20F2N2O2/c21-16-6-7-18(17(22)8-16)23-19(25)24-11-13-9-20(26,10-14(13)12-24)15-4-2-1-3-5-15/h1-8,13-14,26H,9-12H2,(H,23,25)/t13-,14+,20?. The molecule has 6 heteroatoms. The number of nitrogens with zero attached hydrogens (tertiary/aromatic N) is 1. The Morgan fingerprint density at radius 1 is 1.08 bits per heavy atom. The van der Waals surface area contributed by atoms with Crippen molar-refractivity contribution in [3.8, 4) is 0 Å². The fraction of sp³-hybridized carbons (Fsp3) is 0.350. The van der Waals surface area contributed by atoms with Crippen LogP contribution in [-0.4, -0.2) is 29.1 Å². The van der Waals surface area contributed by atoms with Crippen LogP contribution in [0.25, 0.3) is 0 Å². The van der Waals surface area contributed by atoms with Gasteiger partial charge in [0.05, 0.1) is 11.3 Å². The summed E-state index contributed by atoms with van der Waals surface area (Å²) in [6.07, 6.45) is 1.22. The summed E-state index contributed by atoms with van der Waals surface area (Å²) >= 11 is 0. The molecular formula is C20H20F2N2O2. The summed E-state index contributed by atoms with van der Waals surface area (Å²) in [4.78, 5) is 14.0. The average molecular weight is 358 g/mol. The van der Waals surface area contributed by atoms with Crippen LogP contribution in [0.3, 0.4) is 0 Å². The molecule has 4 nitrogen and oxygen atoms in total. The quantitative estimate of drug-likeness (QED) is 0.860. The highest BCUT2D eigenvalue weighted by Crippen LogP contribution is 2.48. The van der Waals surface area contributed by atoms with Crippen molar-refractivity contribution < 1.29 is 18.7 Å². The van der Waals surface area contributed by atoms with Crippen LogP contribution in [0.4, 0.5) is 19.3 Å². The minimum Gasteiger partial charge on any atom is -0.385 e. The van der Waals surface area contributed by atoms with Crippen molar-refractivity contribution in [1.82, 2.24) is 4.90 Å². The number of nitrogens with one attached hydrogen (secondary N) is 1. The van der Waals surface area contributed by atoms with E-state index in [0.717, 1.165) is 17.7 Å². The van der Waals surface area contributed by atoms with E-state index in [4.69, 9.17) is 0 Å². The number of anilines is 1. The van der Waals surface area contributed by atoms with Crippen molar-refractivity contribution in [2.45, 2.75) is 18.4 Å². The average Bonchev–Trinajstić information content (AvgIpc) is 3.14. The number of carbonyl (C=O) groups is 1. The second kappa shape index (κ2) is 6.36. The first kappa shape index (κ1) is 17.0. The Kier molecular flexibility index (Phi) is 4.15. The fourth-order valence-electron chi connectivity index (χ4n) is 4.29. The van der Waals surface area contributed by atoms with E-state index < -0.39 is 23.3 Å². The van der Waals surface area contributed by atoms with Crippen LogP contribution in [0.5, 0.6) is 0 Å². The lowest BCUT2D eigenvalue weighted by molar-refractivity contribution is 0.0328. The number of benzene rings is 2. The largest absolute Gasteiger partial charge is 0.385 e. The van der Waals surface area contributed by atoms with E-state index in [0.29, 0.717) is 25.9 Å². The van der Waals surface area contributed by atoms with Crippen LogP contribution in [0, 0.1) is 23.5 Å². The Hall–Kier alpha value is -2.47. The number of carbonyl (C=O) groups excluding carboxylic acids is 1. The molecule has 1 saturated carbocycles. The third-order valence-electron chi connectivity index (χ3n) is 5.55. The van der Waals surface area contributed by atoms with E-state index in [1.807, 2.05) is 30.3 Å². The summed E-state index contributed by atoms with van der Waals surface area (Å²) in [7, 11) is 0. The molecule has 1 saturated heterocycles. The van der Waals surface area contributed by atoms with Crippen LogP contribution in [0.1, 0.15) is 18.4 Å². The zero-order valence-corrected chi connectivity index (χ0v) is 14.2. The van der Waals surface area contributed by atoms with E-state index >= 15 is 0 Å². The van der Waals surface area contributed by atoms with E-state index in [2.05, 4.69) is 5.32 Å². The minimum atomic E-state index is -0.845. The Morgan fingerprint density at radius 2 is 1.73 bits per heavy atom. The normalized spacial score (nSPS) is 27.4. The molecule has 4 rings (SSSR count). The van der Waals surface area contributed by atoms with Crippen LogP contribution < -0.4 is 5.32 Å². The molecule has 2 fully saturated rings. The maximum Gasteiger partial charge on any atom is 0.321 e. The highest BCUT2D eigenvalue weighted by atomic mass is 19.1. The number of urea groups is 1. The van der Waals surface area contributed by atoms with Gasteiger partial charge in [0.15, 0.2) is 0 Å². The summed E-state index contributed by atoms with van der Waals surface area (Å²) in [6, 6.07) is 12.3. The molecule has 2 aromatic carbocycles. The second-order valence-corrected chi connectivity index (χ2v) is 7.29. The summed E-state index contributed by atoms with van der Waals surface area (Å²) in [5.74, 6) is -1.05. The fourth-order valence-corrected chi connectivity index (χ4v) is 4.29. The van der Waals surface area contributed by atoms with Gasteiger partial charge in [-0.1, -0.05) is 30.3 Å². The van der Waals surface area contributed by atoms with E-state index in [1.165, 1.54) is 6.07 Å². The molecule has 2 aliphatic rings. The molecule has 136 valence electrons. The van der Waals surface area contributed by atoms with Gasteiger partial charge >= 0.3 is 6.03 Å². The minimum absolute atomic E-state index is 0.0331. The summed E-state index contributed by atoms with van der Waals surface area (Å²) in [5, 5.41) is 13.5. The Labute approximate surface area is 150 Å². The molecular weight excluding hydrogens is 338 g/mol. The number of amides is 2. The van der Waals surface area contributed by atoms with Gasteiger partial charge in [-0.15, -0.1) is 0 Å². The summed E-state index contributed by atoms with van der Waals surface area (Å²) in [5.41, 5.74) is 0.0374. The zero-order chi connectivity index (χ0) is 18.3. The SMILES string of the molecule is O=C(Nc1ccc(F)cc1F)N1C[C@@H]2CC(O)(c3ccccc3)C[C@@H]2C1. The first-order chi connectivity index (χ1) is 12.4. The molecule has 26 heavy (non-hydrogen) atoms. The monoisotopic (exact) mass is 358 g/mol. The number of fused-ring (bicyclic) bond motifs is 1. The first-order valence-electron chi connectivity index (χ1n) is 8.73. The number of likely N-dealkylation sites (tertiary alicyclic amines) is 1. The first-order valence-corrected chi connectivity index (χ1v) is 8.73. The van der Waals surface area contributed by atoms with Crippen molar-refractivity contribution >= 4 is 11.7 Å². The van der Waals surface area contributed by atoms with Gasteiger partial charge in [-0.2, -0.15) is 0 Å². The molecule has 2 N–H and O–H groups in total. The highest BCUT2D eigenvalue weighted by molar-refractivity contribution is 5.89. The third-order valence-corrected chi connectivity index (χ3v) is 5.55. The predicted octanol–water partition coefficient (Wildman–Crippen LogP) is 3.73. The van der Waals surface area contributed by atoms with Gasteiger partial charge in [0.2, 0.25) is 0 Å². The maximum absolute atomic E-state index is 13.7. The van der Waals surface area contributed by atoms with Crippen molar-refractivity contribution in [1.29, 1.82) is 0 Å². The predicted molar refractivity (Wildman–Crippen MR) is 93.5 cm³/mol. The highest BCUT2D eigenvalue weighted by Gasteiger charge is 2.49. The second-order valence-electron chi connectivity index (χ2n) is 7.29. The number of rotatable bonds is 2. The molecule has 0 radical (unpaired) electrons. The molecule has 1 heterocycles. The van der Waals surface area contributed by atoms with Gasteiger partial charge in [-0.3, -0.25) is 0 Å². The molecule has 0 aromatic heterocycles. The molecule has 1 aliphatic carbocycles. The summed E-state index contributed by atoms with van der Waals surface area (Å²) in [6.45, 7) is 1.04. The van der Waals surface area contributed by atoms with Gasteiger partial charge < -0.3 is 15.3 Å². The van der Waals surface area contributed by atoms with Crippen LogP contribution in [0.15, 0.2) is 48.5 Å². The van der Waals surface area contributed by atoms with E-state index in [9.17, 15) is 18.7 Å². The third kappa shape index (κ3) is 3.05. The number of halogens is 2. The molecule has 2 amide bonds.